The van der Waals surface area contributed by atoms with Gasteiger partial charge in [-0.05, 0) is 12.1 Å². The molecule has 0 unspecified atom stereocenters. The highest BCUT2D eigenvalue weighted by Gasteiger charge is 2.34. The van der Waals surface area contributed by atoms with E-state index in [0.29, 0.717) is 4.40 Å². The molecule has 0 saturated carbocycles. The first-order chi connectivity index (χ1) is 10.4. The first kappa shape index (κ1) is 14.0. The highest BCUT2D eigenvalue weighted by Crippen LogP contribution is 2.30. The van der Waals surface area contributed by atoms with Gasteiger partial charge in [-0.15, -0.1) is 15.3 Å². The van der Waals surface area contributed by atoms with Crippen LogP contribution in [0.4, 0.5) is 19.2 Å². The number of carbonyl (C=O) groups is 1. The van der Waals surface area contributed by atoms with Crippen molar-refractivity contribution < 1.29 is 22.4 Å². The van der Waals surface area contributed by atoms with E-state index in [9.17, 15) is 18.0 Å². The van der Waals surface area contributed by atoms with E-state index in [1.54, 1.807) is 0 Å². The van der Waals surface area contributed by atoms with Crippen LogP contribution < -0.4 is 5.32 Å². The van der Waals surface area contributed by atoms with Crippen molar-refractivity contribution in [3.05, 3.63) is 35.6 Å². The van der Waals surface area contributed by atoms with Gasteiger partial charge in [-0.3, -0.25) is 14.5 Å². The number of nitrogens with one attached hydrogen (secondary N) is 1. The number of pyridine rings is 1. The van der Waals surface area contributed by atoms with Crippen molar-refractivity contribution in [3.8, 4) is 0 Å². The molecule has 114 valence electrons. The summed E-state index contributed by atoms with van der Waals surface area (Å²) in [5.41, 5.74) is -1.33. The molecule has 0 aromatic carbocycles. The molecule has 1 N–H and O–H groups in total. The number of hydrogen-bond donors (Lipinski definition) is 1. The summed E-state index contributed by atoms with van der Waals surface area (Å²) in [5, 5.41) is 16.3. The van der Waals surface area contributed by atoms with E-state index in [2.05, 4.69) is 25.7 Å². The van der Waals surface area contributed by atoms with Crippen LogP contribution in [0, 0.1) is 6.92 Å². The Morgan fingerprint density at radius 1 is 1.27 bits per heavy atom. The van der Waals surface area contributed by atoms with Crippen molar-refractivity contribution in [2.24, 2.45) is 0 Å². The molecule has 0 atom stereocenters. The number of fused-ring (bicyclic) bond motifs is 1. The number of anilines is 1. The summed E-state index contributed by atoms with van der Waals surface area (Å²) in [5.74, 6) is -0.509. The highest BCUT2D eigenvalue weighted by molar-refractivity contribution is 6.07. The average Bonchev–Trinajstić information content (AvgIpc) is 3.05. The lowest BCUT2D eigenvalue weighted by Gasteiger charge is -2.10. The van der Waals surface area contributed by atoms with E-state index in [-0.39, 0.29) is 23.1 Å². The fourth-order valence-electron chi connectivity index (χ4n) is 1.83. The smallest absolute Gasteiger partial charge is 0.408 e. The Hall–Kier alpha value is -2.98. The second-order valence-corrected chi connectivity index (χ2v) is 4.23. The van der Waals surface area contributed by atoms with Gasteiger partial charge in [0.2, 0.25) is 5.89 Å². The Morgan fingerprint density at radius 3 is 2.68 bits per heavy atom. The minimum absolute atomic E-state index is 0.110. The predicted molar refractivity (Wildman–Crippen MR) is 65.0 cm³/mol. The van der Waals surface area contributed by atoms with Gasteiger partial charge >= 0.3 is 12.2 Å². The molecule has 8 nitrogen and oxygen atoms in total. The van der Waals surface area contributed by atoms with Crippen molar-refractivity contribution >= 4 is 17.6 Å². The molecule has 11 heteroatoms. The lowest BCUT2D eigenvalue weighted by atomic mass is 10.2. The number of hydrogen-bond acceptors (Lipinski definition) is 6. The molecule has 1 amide bonds. The Labute approximate surface area is 120 Å². The maximum absolute atomic E-state index is 12.9. The van der Waals surface area contributed by atoms with E-state index in [1.165, 1.54) is 6.92 Å². The zero-order valence-corrected chi connectivity index (χ0v) is 10.9. The largest absolute Gasteiger partial charge is 0.431 e. The van der Waals surface area contributed by atoms with Crippen LogP contribution in [0.25, 0.3) is 5.65 Å². The van der Waals surface area contributed by atoms with Gasteiger partial charge in [0, 0.05) is 6.92 Å². The van der Waals surface area contributed by atoms with Crippen molar-refractivity contribution in [2.45, 2.75) is 13.1 Å². The summed E-state index contributed by atoms with van der Waals surface area (Å²) in [4.78, 5) is 12.1. The number of aromatic nitrogens is 5. The number of nitrogens with zero attached hydrogens (tertiary/aromatic N) is 5. The molecule has 3 rings (SSSR count). The molecule has 0 aliphatic rings. The third-order valence-corrected chi connectivity index (χ3v) is 2.74. The molecule has 0 bridgehead atoms. The number of halogens is 3. The van der Waals surface area contributed by atoms with Crippen molar-refractivity contribution in [1.29, 1.82) is 0 Å². The van der Waals surface area contributed by atoms with E-state index < -0.39 is 17.8 Å². The number of rotatable bonds is 2. The van der Waals surface area contributed by atoms with Crippen LogP contribution in [-0.2, 0) is 6.18 Å². The second-order valence-electron chi connectivity index (χ2n) is 4.23. The SMILES string of the molecule is Cc1nnc(NC(=O)c2ccc(C(F)(F)F)n3cnnc23)o1. The molecule has 0 fully saturated rings. The van der Waals surface area contributed by atoms with Crippen LogP contribution in [0.5, 0.6) is 0 Å². The molecule has 3 aromatic rings. The first-order valence-corrected chi connectivity index (χ1v) is 5.87. The summed E-state index contributed by atoms with van der Waals surface area (Å²) in [7, 11) is 0. The standard InChI is InChI=1S/C11H7F3N6O2/c1-5-17-19-10(22-5)16-9(21)6-2-3-7(11(12,13)14)20-4-15-18-8(6)20/h2-4H,1H3,(H,16,19,21). The Kier molecular flexibility index (Phi) is 3.04. The Morgan fingerprint density at radius 2 is 2.05 bits per heavy atom. The summed E-state index contributed by atoms with van der Waals surface area (Å²) in [6, 6.07) is 1.61. The molecule has 0 saturated heterocycles. The van der Waals surface area contributed by atoms with Gasteiger partial charge in [0.05, 0.1) is 5.56 Å². The fourth-order valence-corrected chi connectivity index (χ4v) is 1.83. The molecule has 3 heterocycles. The molecule has 22 heavy (non-hydrogen) atoms. The number of alkyl halides is 3. The normalized spacial score (nSPS) is 11.8. The van der Waals surface area contributed by atoms with Crippen LogP contribution in [-0.4, -0.2) is 30.7 Å². The number of amides is 1. The molecule has 0 spiro atoms. The van der Waals surface area contributed by atoms with Gasteiger partial charge in [0.25, 0.3) is 5.91 Å². The number of carbonyl (C=O) groups excluding carboxylic acids is 1. The quantitative estimate of drug-likeness (QED) is 0.773. The minimum Gasteiger partial charge on any atom is -0.408 e. The first-order valence-electron chi connectivity index (χ1n) is 5.87. The van der Waals surface area contributed by atoms with Gasteiger partial charge in [-0.25, -0.2) is 0 Å². The zero-order chi connectivity index (χ0) is 15.9. The second kappa shape index (κ2) is 4.79. The number of aryl methyl sites for hydroxylation is 1. The van der Waals surface area contributed by atoms with E-state index in [4.69, 9.17) is 4.42 Å². The summed E-state index contributed by atoms with van der Waals surface area (Å²) in [6.07, 6.45) is -3.72. The van der Waals surface area contributed by atoms with Crippen LogP contribution in [0.3, 0.4) is 0 Å². The third kappa shape index (κ3) is 2.36. The lowest BCUT2D eigenvalue weighted by Crippen LogP contribution is -2.17. The minimum atomic E-state index is -4.60. The Balaban J connectivity index is 2.01. The fraction of sp³-hybridized carbons (Fsp3) is 0.182. The predicted octanol–water partition coefficient (Wildman–Crippen LogP) is 1.69. The Bertz CT molecular complexity index is 853. The lowest BCUT2D eigenvalue weighted by molar-refractivity contribution is -0.142. The highest BCUT2D eigenvalue weighted by atomic mass is 19.4. The van der Waals surface area contributed by atoms with E-state index in [1.807, 2.05) is 0 Å². The van der Waals surface area contributed by atoms with Crippen molar-refractivity contribution in [2.75, 3.05) is 5.32 Å². The summed E-state index contributed by atoms with van der Waals surface area (Å²) < 4.78 is 44.3. The van der Waals surface area contributed by atoms with Crippen LogP contribution in [0.2, 0.25) is 0 Å². The zero-order valence-electron chi connectivity index (χ0n) is 10.9. The molecular formula is C11H7F3N6O2. The average molecular weight is 312 g/mol. The van der Waals surface area contributed by atoms with Gasteiger partial charge < -0.3 is 4.42 Å². The maximum Gasteiger partial charge on any atom is 0.431 e. The van der Waals surface area contributed by atoms with E-state index in [0.717, 1.165) is 18.5 Å². The van der Waals surface area contributed by atoms with Crippen LogP contribution in [0.1, 0.15) is 21.9 Å². The van der Waals surface area contributed by atoms with Crippen molar-refractivity contribution in [1.82, 2.24) is 24.8 Å². The molecule has 0 aliphatic carbocycles. The molecule has 0 aliphatic heterocycles. The monoisotopic (exact) mass is 312 g/mol. The maximum atomic E-state index is 12.9. The van der Waals surface area contributed by atoms with Crippen molar-refractivity contribution in [3.63, 3.8) is 0 Å². The van der Waals surface area contributed by atoms with Crippen LogP contribution in [0.15, 0.2) is 22.9 Å². The molecule has 0 radical (unpaired) electrons. The van der Waals surface area contributed by atoms with Gasteiger partial charge in [-0.1, -0.05) is 5.10 Å². The third-order valence-electron chi connectivity index (χ3n) is 2.74. The van der Waals surface area contributed by atoms with E-state index >= 15 is 0 Å². The van der Waals surface area contributed by atoms with Gasteiger partial charge in [0.15, 0.2) is 5.65 Å². The van der Waals surface area contributed by atoms with Gasteiger partial charge in [-0.2, -0.15) is 13.2 Å². The summed E-state index contributed by atoms with van der Waals surface area (Å²) >= 11 is 0. The topological polar surface area (TPSA) is 98.2 Å². The molecule has 3 aromatic heterocycles. The van der Waals surface area contributed by atoms with Crippen LogP contribution >= 0.6 is 0 Å². The molecular weight excluding hydrogens is 305 g/mol. The summed E-state index contributed by atoms with van der Waals surface area (Å²) in [6.45, 7) is 1.53. The van der Waals surface area contributed by atoms with Gasteiger partial charge in [0.1, 0.15) is 12.0 Å².